The Balaban J connectivity index is 0.766. The van der Waals surface area contributed by atoms with Crippen LogP contribution in [-0.4, -0.2) is 148 Å². The lowest BCUT2D eigenvalue weighted by Crippen LogP contribution is -2.67. The largest absolute Gasteiger partial charge is 0.501 e. The number of hydrogen-bond donors (Lipinski definition) is 2. The molecule has 11 rings (SSSR count). The van der Waals surface area contributed by atoms with E-state index in [1.54, 1.807) is 12.1 Å². The van der Waals surface area contributed by atoms with Gasteiger partial charge in [0.25, 0.3) is 34.1 Å². The van der Waals surface area contributed by atoms with Gasteiger partial charge in [-0.25, -0.2) is 30.3 Å². The van der Waals surface area contributed by atoms with Crippen molar-refractivity contribution in [1.82, 2.24) is 19.4 Å². The van der Waals surface area contributed by atoms with Crippen molar-refractivity contribution in [1.29, 1.82) is 0 Å². The monoisotopic (exact) mass is 1260 g/mol. The second kappa shape index (κ2) is 25.4. The highest BCUT2D eigenvalue weighted by Gasteiger charge is 2.73. The highest BCUT2D eigenvalue weighted by molar-refractivity contribution is 7.99. The molecule has 6 aliphatic rings. The van der Waals surface area contributed by atoms with Crippen molar-refractivity contribution in [2.75, 3.05) is 94.6 Å². The first-order valence-corrected chi connectivity index (χ1v) is 35.8. The van der Waals surface area contributed by atoms with Crippen molar-refractivity contribution in [2.24, 2.45) is 16.2 Å². The molecule has 0 spiro atoms. The quantitative estimate of drug-likeness (QED) is 0.0279. The predicted molar refractivity (Wildman–Crippen MR) is 334 cm³/mol. The molecule has 4 aliphatic carbocycles. The number of allylic oxidation sites excluding steroid dienone is 1. The summed E-state index contributed by atoms with van der Waals surface area (Å²) in [5, 5.41) is 5.35. The lowest BCUT2D eigenvalue weighted by molar-refractivity contribution is -0.250. The fraction of sp³-hybridized carbons (Fsp3) is 0.492. The van der Waals surface area contributed by atoms with Crippen LogP contribution >= 0.6 is 11.8 Å². The summed E-state index contributed by atoms with van der Waals surface area (Å²) >= 11 is 1.46. The van der Waals surface area contributed by atoms with Gasteiger partial charge in [0.15, 0.2) is 0 Å². The number of anilines is 2. The van der Waals surface area contributed by atoms with Crippen LogP contribution in [0, 0.1) is 16.2 Å². The van der Waals surface area contributed by atoms with Crippen LogP contribution in [-0.2, 0) is 24.3 Å². The summed E-state index contributed by atoms with van der Waals surface area (Å²) in [6.07, 6.45) is 2.94. The van der Waals surface area contributed by atoms with Crippen LogP contribution in [0.4, 0.5) is 33.3 Å². The van der Waals surface area contributed by atoms with Crippen LogP contribution in [0.15, 0.2) is 159 Å². The van der Waals surface area contributed by atoms with E-state index in [1.165, 1.54) is 45.4 Å². The zero-order chi connectivity index (χ0) is 61.3. The summed E-state index contributed by atoms with van der Waals surface area (Å²) < 4.78 is 135. The van der Waals surface area contributed by atoms with Crippen LogP contribution < -0.4 is 25.3 Å². The number of alkyl halides is 5. The molecule has 2 N–H and O–H groups in total. The zero-order valence-electron chi connectivity index (χ0n) is 49.9. The van der Waals surface area contributed by atoms with Crippen LogP contribution in [0.25, 0.3) is 0 Å². The van der Waals surface area contributed by atoms with Gasteiger partial charge in [0, 0.05) is 112 Å². The Morgan fingerprint density at radius 1 is 0.721 bits per heavy atom. The lowest BCUT2D eigenvalue weighted by atomic mass is 9.32. The summed E-state index contributed by atoms with van der Waals surface area (Å²) in [6, 6.07) is 38.7. The standard InChI is InChI=1S/C65H81F5N6O6S3Si/c1-61(2,3)86(54-17-11-7-12-18-54,55-19-13-8-14-20-55)82-40-39-74-33-31-73(32-34-74)30-28-50(44-83-52-15-9-6-10-16-52)71-57-26-25-53(41-58(57)84(78,79)65(68,69)70)85(80,81)72-59(77)48-21-23-51(24-22-48)76-37-35-75(36-38-76)43-49-27-29-62(4,5)42-56(49)63-45-64(46-63,47-63)60(66)67/h6-26,41,50,60,71H,27-40,42-47H2,1-5H3,(H,72,77). The van der Waals surface area contributed by atoms with Gasteiger partial charge in [0.1, 0.15) is 4.90 Å². The van der Waals surface area contributed by atoms with E-state index in [0.29, 0.717) is 63.7 Å². The molecule has 2 bridgehead atoms. The van der Waals surface area contributed by atoms with Crippen molar-refractivity contribution in [3.05, 3.63) is 150 Å². The molecule has 12 nitrogen and oxygen atoms in total. The van der Waals surface area contributed by atoms with Gasteiger partial charge in [-0.1, -0.05) is 125 Å². The number of halogens is 5. The van der Waals surface area contributed by atoms with Gasteiger partial charge in [0.2, 0.25) is 6.43 Å². The fourth-order valence-corrected chi connectivity index (χ4v) is 21.5. The van der Waals surface area contributed by atoms with Crippen molar-refractivity contribution in [2.45, 2.75) is 117 Å². The molecule has 3 saturated carbocycles. The van der Waals surface area contributed by atoms with Gasteiger partial charge in [0.05, 0.1) is 10.6 Å². The summed E-state index contributed by atoms with van der Waals surface area (Å²) in [4.78, 5) is 21.6. The molecule has 2 saturated heterocycles. The number of nitrogens with one attached hydrogen (secondary N) is 2. The number of piperazine rings is 2. The van der Waals surface area contributed by atoms with Gasteiger partial charge in [-0.05, 0) is 126 Å². The van der Waals surface area contributed by atoms with E-state index in [2.05, 4.69) is 108 Å². The van der Waals surface area contributed by atoms with Crippen molar-refractivity contribution < 1.29 is 48.0 Å². The Kier molecular flexibility index (Phi) is 18.9. The van der Waals surface area contributed by atoms with Crippen LogP contribution in [0.5, 0.6) is 0 Å². The minimum atomic E-state index is -6.13. The van der Waals surface area contributed by atoms with Crippen molar-refractivity contribution in [3.8, 4) is 0 Å². The fourth-order valence-electron chi connectivity index (χ4n) is 13.9. The topological polar surface area (TPSA) is 132 Å². The number of hydrogen-bond acceptors (Lipinski definition) is 12. The molecule has 464 valence electrons. The SMILES string of the molecule is CC1(C)CCC(CN2CCN(c3ccc(C(=O)NS(=O)(=O)c4ccc(NC(CCN5CCN(CCO[Si](c6ccccc6)(c6ccccc6)C(C)(C)C)CC5)CSc5ccccc5)c(S(=O)(=O)C(F)(F)F)c4)cc3)CC2)=C(C23CC(C(F)F)(C2)C3)C1. The maximum Gasteiger partial charge on any atom is 0.501 e. The van der Waals surface area contributed by atoms with E-state index in [1.807, 2.05) is 47.2 Å². The Hall–Kier alpha value is -5.13. The van der Waals surface area contributed by atoms with E-state index in [9.17, 15) is 43.6 Å². The van der Waals surface area contributed by atoms with Gasteiger partial charge in [-0.15, -0.1) is 11.8 Å². The molecule has 0 radical (unpaired) electrons. The van der Waals surface area contributed by atoms with Crippen LogP contribution in [0.3, 0.4) is 0 Å². The van der Waals surface area contributed by atoms with E-state index in [4.69, 9.17) is 4.43 Å². The van der Waals surface area contributed by atoms with E-state index >= 15 is 0 Å². The minimum absolute atomic E-state index is 0.0280. The molecular formula is C65H81F5N6O6S3Si. The van der Waals surface area contributed by atoms with Crippen molar-refractivity contribution >= 4 is 67.6 Å². The van der Waals surface area contributed by atoms with Crippen molar-refractivity contribution in [3.63, 3.8) is 0 Å². The van der Waals surface area contributed by atoms with E-state index in [0.717, 1.165) is 94.3 Å². The number of sulfonamides is 1. The number of carbonyl (C=O) groups is 1. The first-order chi connectivity index (χ1) is 40.7. The van der Waals surface area contributed by atoms with Gasteiger partial charge >= 0.3 is 5.51 Å². The number of sulfone groups is 1. The van der Waals surface area contributed by atoms with Crippen LogP contribution in [0.1, 0.15) is 89.9 Å². The molecule has 5 fully saturated rings. The molecule has 0 aromatic heterocycles. The molecule has 1 unspecified atom stereocenters. The van der Waals surface area contributed by atoms with Gasteiger partial charge in [-0.3, -0.25) is 14.6 Å². The van der Waals surface area contributed by atoms with Crippen LogP contribution in [0.2, 0.25) is 5.04 Å². The third-order valence-electron chi connectivity index (χ3n) is 18.7. The van der Waals surface area contributed by atoms with Gasteiger partial charge < -0.3 is 19.5 Å². The smallest absolute Gasteiger partial charge is 0.406 e. The summed E-state index contributed by atoms with van der Waals surface area (Å²) in [5.41, 5.74) is -3.27. The third-order valence-corrected chi connectivity index (χ3v) is 27.8. The summed E-state index contributed by atoms with van der Waals surface area (Å²) in [6.45, 7) is 19.8. The molecule has 2 aliphatic heterocycles. The molecule has 1 atom stereocenters. The second-order valence-electron chi connectivity index (χ2n) is 26.2. The highest BCUT2D eigenvalue weighted by Crippen LogP contribution is 2.79. The Morgan fingerprint density at radius 3 is 1.84 bits per heavy atom. The first kappa shape index (κ1) is 63.9. The third kappa shape index (κ3) is 13.7. The number of benzene rings is 5. The average molecular weight is 1260 g/mol. The molecule has 21 heteroatoms. The minimum Gasteiger partial charge on any atom is -0.406 e. The molecule has 2 heterocycles. The molecule has 86 heavy (non-hydrogen) atoms. The molecule has 5 aromatic rings. The lowest BCUT2D eigenvalue weighted by Gasteiger charge is -2.72. The Labute approximate surface area is 510 Å². The van der Waals surface area contributed by atoms with E-state index in [-0.39, 0.29) is 21.4 Å². The number of rotatable bonds is 23. The number of thioether (sulfide) groups is 1. The number of amides is 1. The number of nitrogens with zero attached hydrogens (tertiary/aromatic N) is 4. The predicted octanol–water partition coefficient (Wildman–Crippen LogP) is 11.3. The molecule has 1 amide bonds. The van der Waals surface area contributed by atoms with E-state index < -0.39 is 73.0 Å². The molecule has 5 aromatic carbocycles. The zero-order valence-corrected chi connectivity index (χ0v) is 53.3. The summed E-state index contributed by atoms with van der Waals surface area (Å²) in [5.74, 6) is -0.706. The second-order valence-corrected chi connectivity index (χ2v) is 35.2. The Bertz CT molecular complexity index is 3370. The number of carbonyl (C=O) groups excluding carboxylic acids is 1. The highest BCUT2D eigenvalue weighted by atomic mass is 32.2. The normalized spacial score (nSPS) is 22.1. The van der Waals surface area contributed by atoms with Gasteiger partial charge in [-0.2, -0.15) is 13.2 Å². The first-order valence-electron chi connectivity index (χ1n) is 30.0. The maximum atomic E-state index is 14.6. The molecular weight excluding hydrogens is 1180 g/mol. The maximum absolute atomic E-state index is 14.6. The Morgan fingerprint density at radius 2 is 1.28 bits per heavy atom. The average Bonchev–Trinajstić information content (AvgIpc) is 0.670. The summed E-state index contributed by atoms with van der Waals surface area (Å²) in [7, 11) is -13.8.